The van der Waals surface area contributed by atoms with Crippen LogP contribution in [0.25, 0.3) is 6.08 Å². The first-order valence-corrected chi connectivity index (χ1v) is 12.4. The largest absolute Gasteiger partial charge is 0.493 e. The molecule has 2 aromatic carbocycles. The summed E-state index contributed by atoms with van der Waals surface area (Å²) < 4.78 is 33.4. The summed E-state index contributed by atoms with van der Waals surface area (Å²) in [5.74, 6) is 3.95. The molecule has 0 amide bonds. The van der Waals surface area contributed by atoms with Crippen LogP contribution in [0.1, 0.15) is 36.9 Å². The quantitative estimate of drug-likeness (QED) is 0.461. The molecule has 2 aromatic rings. The first kappa shape index (κ1) is 26.5. The molecule has 0 fully saturated rings. The fraction of sp³-hybridized carbons (Fsp3) is 0.393. The Hall–Kier alpha value is -3.59. The highest BCUT2D eigenvalue weighted by Crippen LogP contribution is 2.46. The van der Waals surface area contributed by atoms with Gasteiger partial charge in [-0.2, -0.15) is 0 Å². The molecule has 1 aliphatic carbocycles. The van der Waals surface area contributed by atoms with E-state index < -0.39 is 0 Å². The van der Waals surface area contributed by atoms with Gasteiger partial charge < -0.3 is 39.1 Å². The van der Waals surface area contributed by atoms with Crippen molar-refractivity contribution in [3.63, 3.8) is 0 Å². The van der Waals surface area contributed by atoms with E-state index in [4.69, 9.17) is 40.6 Å². The van der Waals surface area contributed by atoms with E-state index in [-0.39, 0.29) is 6.04 Å². The van der Waals surface area contributed by atoms with E-state index in [0.717, 1.165) is 35.2 Å². The fourth-order valence-electron chi connectivity index (χ4n) is 5.09. The summed E-state index contributed by atoms with van der Waals surface area (Å²) in [6, 6.07) is 7.69. The minimum Gasteiger partial charge on any atom is -0.493 e. The molecule has 9 heteroatoms. The summed E-state index contributed by atoms with van der Waals surface area (Å²) in [6.45, 7) is 2.26. The summed E-state index contributed by atoms with van der Waals surface area (Å²) in [6.07, 6.45) is 3.96. The Morgan fingerprint density at radius 1 is 0.757 bits per heavy atom. The Labute approximate surface area is 223 Å². The molecule has 2 aliphatic rings. The van der Waals surface area contributed by atoms with Crippen molar-refractivity contribution in [3.05, 3.63) is 52.2 Å². The van der Waals surface area contributed by atoms with Crippen molar-refractivity contribution in [2.75, 3.05) is 42.7 Å². The van der Waals surface area contributed by atoms with Gasteiger partial charge in [-0.15, -0.1) is 0 Å². The van der Waals surface area contributed by atoms with Gasteiger partial charge >= 0.3 is 0 Å². The van der Waals surface area contributed by atoms with Crippen LogP contribution in [-0.2, 0) is 0 Å². The molecular formula is C28H34N2O6S. The van der Waals surface area contributed by atoms with E-state index in [1.54, 1.807) is 42.7 Å². The standard InChI is InChI=1S/C28H34N2O6S/c1-15-8-17(10-16-11-20(31-2)26(35-6)21(12-16)32-3)24-19(9-15)25(30-28(37)29-24)18-13-22(33-4)27(36-7)23(14-18)34-5/h10-15,25H,8-9H2,1-7H3,(H2,29,30,37)/b17-10+/t15-,25-/m0/s1. The Balaban J connectivity index is 1.85. The zero-order chi connectivity index (χ0) is 26.7. The molecule has 2 atom stereocenters. The van der Waals surface area contributed by atoms with Gasteiger partial charge in [0.25, 0.3) is 0 Å². The van der Waals surface area contributed by atoms with Gasteiger partial charge in [0.2, 0.25) is 11.5 Å². The molecule has 0 bridgehead atoms. The maximum Gasteiger partial charge on any atom is 0.203 e. The third-order valence-electron chi connectivity index (χ3n) is 6.69. The van der Waals surface area contributed by atoms with Gasteiger partial charge in [0.15, 0.2) is 28.1 Å². The van der Waals surface area contributed by atoms with Gasteiger partial charge in [-0.05, 0) is 83.6 Å². The SMILES string of the molecule is COc1cc(/C=C2\C[C@H](C)CC3=C2NC(=S)N[C@H]3c2cc(OC)c(OC)c(OC)c2)cc(OC)c1OC. The molecule has 1 aliphatic heterocycles. The fourth-order valence-corrected chi connectivity index (χ4v) is 5.31. The summed E-state index contributed by atoms with van der Waals surface area (Å²) in [7, 11) is 9.67. The number of benzene rings is 2. The van der Waals surface area contributed by atoms with Crippen LogP contribution in [0.4, 0.5) is 0 Å². The Bertz CT molecular complexity index is 1210. The normalized spacial score (nSPS) is 20.0. The average molecular weight is 527 g/mol. The highest BCUT2D eigenvalue weighted by molar-refractivity contribution is 7.80. The van der Waals surface area contributed by atoms with Crippen LogP contribution in [0.3, 0.4) is 0 Å². The van der Waals surface area contributed by atoms with Crippen molar-refractivity contribution in [1.29, 1.82) is 0 Å². The van der Waals surface area contributed by atoms with Crippen LogP contribution in [0.5, 0.6) is 34.5 Å². The van der Waals surface area contributed by atoms with E-state index in [1.165, 1.54) is 5.57 Å². The maximum atomic E-state index is 5.65. The van der Waals surface area contributed by atoms with Gasteiger partial charge in [-0.25, -0.2) is 0 Å². The van der Waals surface area contributed by atoms with Crippen LogP contribution in [0, 0.1) is 5.92 Å². The minimum atomic E-state index is -0.149. The third kappa shape index (κ3) is 5.13. The predicted molar refractivity (Wildman–Crippen MR) is 147 cm³/mol. The molecule has 0 aromatic heterocycles. The highest BCUT2D eigenvalue weighted by atomic mass is 32.1. The number of rotatable bonds is 8. The van der Waals surface area contributed by atoms with Gasteiger partial charge in [-0.3, -0.25) is 0 Å². The molecule has 198 valence electrons. The van der Waals surface area contributed by atoms with Crippen molar-refractivity contribution >= 4 is 23.4 Å². The van der Waals surface area contributed by atoms with E-state index in [9.17, 15) is 0 Å². The minimum absolute atomic E-state index is 0.149. The Morgan fingerprint density at radius 3 is 1.76 bits per heavy atom. The van der Waals surface area contributed by atoms with Crippen LogP contribution in [-0.4, -0.2) is 47.8 Å². The van der Waals surface area contributed by atoms with Crippen molar-refractivity contribution in [2.45, 2.75) is 25.8 Å². The average Bonchev–Trinajstić information content (AvgIpc) is 2.91. The first-order chi connectivity index (χ1) is 17.9. The van der Waals surface area contributed by atoms with Crippen molar-refractivity contribution < 1.29 is 28.4 Å². The van der Waals surface area contributed by atoms with Crippen LogP contribution < -0.4 is 39.1 Å². The van der Waals surface area contributed by atoms with E-state index in [1.807, 2.05) is 24.3 Å². The van der Waals surface area contributed by atoms with E-state index >= 15 is 0 Å². The molecule has 0 unspecified atom stereocenters. The molecule has 4 rings (SSSR count). The topological polar surface area (TPSA) is 79.4 Å². The second-order valence-electron chi connectivity index (χ2n) is 9.03. The van der Waals surface area contributed by atoms with Crippen molar-refractivity contribution in [1.82, 2.24) is 10.6 Å². The van der Waals surface area contributed by atoms with Crippen LogP contribution >= 0.6 is 12.2 Å². The molecule has 1 heterocycles. The summed E-state index contributed by atoms with van der Waals surface area (Å²) in [4.78, 5) is 0. The molecule has 0 saturated carbocycles. The molecule has 0 spiro atoms. The molecule has 0 saturated heterocycles. The van der Waals surface area contributed by atoms with Gasteiger partial charge in [0.05, 0.1) is 48.7 Å². The van der Waals surface area contributed by atoms with Crippen molar-refractivity contribution in [2.24, 2.45) is 5.92 Å². The number of allylic oxidation sites excluding steroid dienone is 1. The number of hydrogen-bond donors (Lipinski definition) is 2. The zero-order valence-electron chi connectivity index (χ0n) is 22.3. The number of methoxy groups -OCH3 is 6. The lowest BCUT2D eigenvalue weighted by Crippen LogP contribution is -2.45. The summed E-state index contributed by atoms with van der Waals surface area (Å²) in [5, 5.41) is 7.44. The summed E-state index contributed by atoms with van der Waals surface area (Å²) in [5.41, 5.74) is 5.34. The van der Waals surface area contributed by atoms with Gasteiger partial charge in [0.1, 0.15) is 0 Å². The number of ether oxygens (including phenoxy) is 6. The second-order valence-corrected chi connectivity index (χ2v) is 9.44. The number of nitrogens with one attached hydrogen (secondary N) is 2. The smallest absolute Gasteiger partial charge is 0.203 e. The first-order valence-electron chi connectivity index (χ1n) is 12.0. The van der Waals surface area contributed by atoms with Gasteiger partial charge in [0, 0.05) is 5.70 Å². The predicted octanol–water partition coefficient (Wildman–Crippen LogP) is 5.02. The van der Waals surface area contributed by atoms with Gasteiger partial charge in [-0.1, -0.05) is 6.92 Å². The molecule has 0 radical (unpaired) electrons. The van der Waals surface area contributed by atoms with E-state index in [2.05, 4.69) is 23.6 Å². The second kappa shape index (κ2) is 11.2. The third-order valence-corrected chi connectivity index (χ3v) is 6.91. The molecule has 37 heavy (non-hydrogen) atoms. The monoisotopic (exact) mass is 526 g/mol. The van der Waals surface area contributed by atoms with E-state index in [0.29, 0.717) is 45.5 Å². The maximum absolute atomic E-state index is 5.65. The lowest BCUT2D eigenvalue weighted by Gasteiger charge is -2.38. The molecule has 8 nitrogen and oxygen atoms in total. The Kier molecular flexibility index (Phi) is 8.02. The molecule has 2 N–H and O–H groups in total. The van der Waals surface area contributed by atoms with Crippen LogP contribution in [0.15, 0.2) is 41.1 Å². The Morgan fingerprint density at radius 2 is 1.27 bits per heavy atom. The number of thiocarbonyl (C=S) groups is 1. The lowest BCUT2D eigenvalue weighted by molar-refractivity contribution is 0.323. The lowest BCUT2D eigenvalue weighted by atomic mass is 9.78. The number of hydrogen-bond acceptors (Lipinski definition) is 7. The van der Waals surface area contributed by atoms with Crippen molar-refractivity contribution in [3.8, 4) is 34.5 Å². The highest BCUT2D eigenvalue weighted by Gasteiger charge is 2.34. The van der Waals surface area contributed by atoms with Crippen LogP contribution in [0.2, 0.25) is 0 Å². The zero-order valence-corrected chi connectivity index (χ0v) is 23.1. The molecular weight excluding hydrogens is 492 g/mol. The summed E-state index contributed by atoms with van der Waals surface area (Å²) >= 11 is 5.65.